The summed E-state index contributed by atoms with van der Waals surface area (Å²) in [5.74, 6) is -0.360. The summed E-state index contributed by atoms with van der Waals surface area (Å²) in [7, 11) is 0. The molecule has 0 unspecified atom stereocenters. The fourth-order valence-electron chi connectivity index (χ4n) is 1.82. The second-order valence-corrected chi connectivity index (χ2v) is 4.60. The molecule has 2 aromatic rings. The zero-order valence-corrected chi connectivity index (χ0v) is 12.0. The van der Waals surface area contributed by atoms with E-state index in [4.69, 9.17) is 4.74 Å². The van der Waals surface area contributed by atoms with E-state index in [0.717, 1.165) is 21.8 Å². The number of nitrogens with zero attached hydrogens (tertiary/aromatic N) is 1. The number of fused-ring (bicyclic) bond motifs is 1. The molecule has 0 fully saturated rings. The van der Waals surface area contributed by atoms with Crippen molar-refractivity contribution in [3.05, 3.63) is 41.1 Å². The molecule has 0 N–H and O–H groups in total. The molecule has 94 valence electrons. The van der Waals surface area contributed by atoms with Crippen molar-refractivity contribution in [2.75, 3.05) is 6.61 Å². The molecule has 1 aromatic heterocycles. The van der Waals surface area contributed by atoms with Gasteiger partial charge in [-0.15, -0.1) is 0 Å². The van der Waals surface area contributed by atoms with Crippen LogP contribution in [0.2, 0.25) is 0 Å². The maximum Gasteiger partial charge on any atom is 0.357 e. The van der Waals surface area contributed by atoms with E-state index in [0.29, 0.717) is 12.3 Å². The van der Waals surface area contributed by atoms with Gasteiger partial charge in [0.15, 0.2) is 5.69 Å². The number of hydrogen-bond donors (Lipinski definition) is 0. The third-order valence-corrected chi connectivity index (χ3v) is 3.34. The molecule has 0 saturated carbocycles. The summed E-state index contributed by atoms with van der Waals surface area (Å²) in [5.41, 5.74) is 3.24. The smallest absolute Gasteiger partial charge is 0.357 e. The van der Waals surface area contributed by atoms with Gasteiger partial charge in [-0.1, -0.05) is 22.0 Å². The second kappa shape index (κ2) is 5.48. The number of hydrogen-bond acceptors (Lipinski definition) is 3. The van der Waals surface area contributed by atoms with Crippen LogP contribution in [0.15, 0.2) is 24.3 Å². The topological polar surface area (TPSA) is 39.2 Å². The Morgan fingerprint density at radius 2 is 2.17 bits per heavy atom. The summed E-state index contributed by atoms with van der Waals surface area (Å²) < 4.78 is 4.99. The van der Waals surface area contributed by atoms with E-state index in [1.807, 2.05) is 25.1 Å². The van der Waals surface area contributed by atoms with Crippen molar-refractivity contribution in [1.29, 1.82) is 0 Å². The summed E-state index contributed by atoms with van der Waals surface area (Å²) in [4.78, 5) is 16.1. The lowest BCUT2D eigenvalue weighted by Crippen LogP contribution is -2.09. The quantitative estimate of drug-likeness (QED) is 0.642. The molecule has 0 bridgehead atoms. The predicted octanol–water partition coefficient (Wildman–Crippen LogP) is 3.61. The van der Waals surface area contributed by atoms with Crippen LogP contribution in [0, 0.1) is 6.92 Å². The Balaban J connectivity index is 2.52. The summed E-state index contributed by atoms with van der Waals surface area (Å²) >= 11 is 3.43. The first kappa shape index (κ1) is 13.0. The number of esters is 1. The van der Waals surface area contributed by atoms with E-state index in [1.165, 1.54) is 5.56 Å². The fourth-order valence-corrected chi connectivity index (χ4v) is 2.17. The van der Waals surface area contributed by atoms with E-state index in [1.54, 1.807) is 6.92 Å². The number of alkyl halides is 1. The first-order valence-corrected chi connectivity index (χ1v) is 6.91. The third-order valence-electron chi connectivity index (χ3n) is 2.69. The molecule has 0 aliphatic heterocycles. The van der Waals surface area contributed by atoms with Gasteiger partial charge >= 0.3 is 5.97 Å². The van der Waals surface area contributed by atoms with Crippen LogP contribution in [0.4, 0.5) is 0 Å². The average molecular weight is 308 g/mol. The predicted molar refractivity (Wildman–Crippen MR) is 75.1 cm³/mol. The van der Waals surface area contributed by atoms with Gasteiger partial charge in [0.25, 0.3) is 0 Å². The van der Waals surface area contributed by atoms with Crippen LogP contribution in [0.25, 0.3) is 10.9 Å². The highest BCUT2D eigenvalue weighted by atomic mass is 79.9. The number of aryl methyl sites for hydroxylation is 1. The number of aromatic nitrogens is 1. The van der Waals surface area contributed by atoms with E-state index in [2.05, 4.69) is 27.0 Å². The Morgan fingerprint density at radius 3 is 2.83 bits per heavy atom. The fraction of sp³-hybridized carbons (Fsp3) is 0.286. The van der Waals surface area contributed by atoms with Crippen molar-refractivity contribution in [3.63, 3.8) is 0 Å². The van der Waals surface area contributed by atoms with Gasteiger partial charge in [0.05, 0.1) is 12.1 Å². The molecule has 0 spiro atoms. The molecule has 0 radical (unpaired) electrons. The van der Waals surface area contributed by atoms with Gasteiger partial charge < -0.3 is 4.74 Å². The maximum absolute atomic E-state index is 11.7. The van der Waals surface area contributed by atoms with Gasteiger partial charge in [-0.25, -0.2) is 9.78 Å². The second-order valence-electron chi connectivity index (χ2n) is 4.04. The van der Waals surface area contributed by atoms with Gasteiger partial charge in [0.1, 0.15) is 0 Å². The van der Waals surface area contributed by atoms with Crippen LogP contribution in [0.3, 0.4) is 0 Å². The van der Waals surface area contributed by atoms with E-state index in [9.17, 15) is 4.79 Å². The molecule has 0 aliphatic carbocycles. The first-order valence-electron chi connectivity index (χ1n) is 5.79. The van der Waals surface area contributed by atoms with Crippen LogP contribution in [0.5, 0.6) is 0 Å². The molecular weight excluding hydrogens is 294 g/mol. The lowest BCUT2D eigenvalue weighted by Gasteiger charge is -2.07. The Bertz CT molecular complexity index is 596. The Labute approximate surface area is 114 Å². The molecule has 18 heavy (non-hydrogen) atoms. The van der Waals surface area contributed by atoms with Crippen molar-refractivity contribution in [3.8, 4) is 0 Å². The van der Waals surface area contributed by atoms with Crippen molar-refractivity contribution >= 4 is 32.8 Å². The molecule has 0 amide bonds. The van der Waals surface area contributed by atoms with Crippen LogP contribution >= 0.6 is 15.9 Å². The monoisotopic (exact) mass is 307 g/mol. The van der Waals surface area contributed by atoms with Gasteiger partial charge in [0, 0.05) is 10.7 Å². The summed E-state index contributed by atoms with van der Waals surface area (Å²) in [6, 6.07) is 7.96. The SMILES string of the molecule is CCOC(=O)c1nc2ccc(CBr)cc2cc1C. The molecule has 2 rings (SSSR count). The van der Waals surface area contributed by atoms with E-state index >= 15 is 0 Å². The largest absolute Gasteiger partial charge is 0.461 e. The van der Waals surface area contributed by atoms with Crippen LogP contribution in [-0.2, 0) is 10.1 Å². The van der Waals surface area contributed by atoms with Crippen molar-refractivity contribution in [2.24, 2.45) is 0 Å². The summed E-state index contributed by atoms with van der Waals surface area (Å²) in [6.07, 6.45) is 0. The number of benzene rings is 1. The van der Waals surface area contributed by atoms with Gasteiger partial charge in [-0.2, -0.15) is 0 Å². The van der Waals surface area contributed by atoms with Crippen LogP contribution in [0.1, 0.15) is 28.5 Å². The minimum Gasteiger partial charge on any atom is -0.461 e. The average Bonchev–Trinajstić information content (AvgIpc) is 2.37. The molecule has 4 heteroatoms. The molecule has 0 saturated heterocycles. The summed E-state index contributed by atoms with van der Waals surface area (Å²) in [5, 5.41) is 1.85. The van der Waals surface area contributed by atoms with Crippen LogP contribution in [-0.4, -0.2) is 17.6 Å². The van der Waals surface area contributed by atoms with E-state index in [-0.39, 0.29) is 5.97 Å². The highest BCUT2D eigenvalue weighted by Gasteiger charge is 2.13. The van der Waals surface area contributed by atoms with Crippen molar-refractivity contribution in [2.45, 2.75) is 19.2 Å². The molecule has 0 aliphatic rings. The summed E-state index contributed by atoms with van der Waals surface area (Å²) in [6.45, 7) is 4.02. The minimum absolute atomic E-state index is 0.360. The number of halogens is 1. The zero-order valence-electron chi connectivity index (χ0n) is 10.4. The Kier molecular flexibility index (Phi) is 3.97. The van der Waals surface area contributed by atoms with Gasteiger partial charge in [0.2, 0.25) is 0 Å². The van der Waals surface area contributed by atoms with Gasteiger partial charge in [-0.05, 0) is 43.2 Å². The van der Waals surface area contributed by atoms with Gasteiger partial charge in [-0.3, -0.25) is 0 Å². The number of carbonyl (C=O) groups excluding carboxylic acids is 1. The van der Waals surface area contributed by atoms with Crippen molar-refractivity contribution < 1.29 is 9.53 Å². The first-order chi connectivity index (χ1) is 8.65. The molecule has 1 aromatic carbocycles. The zero-order chi connectivity index (χ0) is 13.1. The normalized spacial score (nSPS) is 10.6. The van der Waals surface area contributed by atoms with Crippen molar-refractivity contribution in [1.82, 2.24) is 4.98 Å². The third kappa shape index (κ3) is 2.53. The Morgan fingerprint density at radius 1 is 1.39 bits per heavy atom. The number of ether oxygens (including phenoxy) is 1. The number of pyridine rings is 1. The number of carbonyl (C=O) groups is 1. The molecule has 3 nitrogen and oxygen atoms in total. The lowest BCUT2D eigenvalue weighted by molar-refractivity contribution is 0.0519. The lowest BCUT2D eigenvalue weighted by atomic mass is 10.1. The standard InChI is InChI=1S/C14H14BrNO2/c1-3-18-14(17)13-9(2)6-11-7-10(8-15)4-5-12(11)16-13/h4-7H,3,8H2,1-2H3. The van der Waals surface area contributed by atoms with E-state index < -0.39 is 0 Å². The van der Waals surface area contributed by atoms with Crippen LogP contribution < -0.4 is 0 Å². The minimum atomic E-state index is -0.360. The maximum atomic E-state index is 11.7. The molecular formula is C14H14BrNO2. The highest BCUT2D eigenvalue weighted by molar-refractivity contribution is 9.08. The molecule has 1 heterocycles. The molecule has 0 atom stereocenters. The number of rotatable bonds is 3. The Hall–Kier alpha value is -1.42. The highest BCUT2D eigenvalue weighted by Crippen LogP contribution is 2.19.